The molecule has 7 heteroatoms. The number of hydrogen-bond acceptors (Lipinski definition) is 4. The summed E-state index contributed by atoms with van der Waals surface area (Å²) in [4.78, 5) is 40.5. The Bertz CT molecular complexity index is 918. The van der Waals surface area contributed by atoms with Crippen LogP contribution < -0.4 is 10.6 Å². The summed E-state index contributed by atoms with van der Waals surface area (Å²) in [6.45, 7) is 5.89. The number of carbonyl (C=O) groups excluding carboxylic acids is 3. The van der Waals surface area contributed by atoms with Crippen molar-refractivity contribution in [1.29, 1.82) is 0 Å². The first kappa shape index (κ1) is 18.0. The van der Waals surface area contributed by atoms with Crippen LogP contribution in [0.25, 0.3) is 10.9 Å². The Morgan fingerprint density at radius 1 is 1.27 bits per heavy atom. The van der Waals surface area contributed by atoms with Crippen LogP contribution in [0.1, 0.15) is 49.7 Å². The predicted octanol–water partition coefficient (Wildman–Crippen LogP) is 2.21. The van der Waals surface area contributed by atoms with Crippen LogP contribution in [0.4, 0.5) is 4.39 Å². The lowest BCUT2D eigenvalue weighted by molar-refractivity contribution is -0.134. The topological polar surface area (TPSA) is 88.2 Å². The molecule has 0 spiro atoms. The van der Waals surface area contributed by atoms with Crippen molar-refractivity contribution in [3.8, 4) is 0 Å². The van der Waals surface area contributed by atoms with Crippen molar-refractivity contribution in [3.05, 3.63) is 41.3 Å². The van der Waals surface area contributed by atoms with E-state index in [1.54, 1.807) is 6.07 Å². The summed E-state index contributed by atoms with van der Waals surface area (Å²) in [7, 11) is 0. The van der Waals surface area contributed by atoms with Gasteiger partial charge in [-0.3, -0.25) is 24.7 Å². The van der Waals surface area contributed by atoms with Gasteiger partial charge in [0.25, 0.3) is 5.91 Å². The molecule has 1 aliphatic rings. The van der Waals surface area contributed by atoms with E-state index in [0.717, 1.165) is 0 Å². The fourth-order valence-electron chi connectivity index (χ4n) is 2.84. The van der Waals surface area contributed by atoms with Crippen LogP contribution in [-0.4, -0.2) is 28.7 Å². The normalized spacial score (nSPS) is 17.9. The number of carbonyl (C=O) groups is 3. The van der Waals surface area contributed by atoms with E-state index in [-0.39, 0.29) is 29.7 Å². The minimum atomic E-state index is -0.796. The summed E-state index contributed by atoms with van der Waals surface area (Å²) in [5.41, 5.74) is 1.13. The van der Waals surface area contributed by atoms with E-state index in [0.29, 0.717) is 16.6 Å². The van der Waals surface area contributed by atoms with Crippen LogP contribution in [0.3, 0.4) is 0 Å². The molecule has 0 radical (unpaired) electrons. The van der Waals surface area contributed by atoms with Crippen LogP contribution in [0.2, 0.25) is 0 Å². The summed E-state index contributed by atoms with van der Waals surface area (Å²) < 4.78 is 13.7. The van der Waals surface area contributed by atoms with Gasteiger partial charge < -0.3 is 5.32 Å². The molecule has 1 aromatic carbocycles. The lowest BCUT2D eigenvalue weighted by atomic mass is 9.89. The second kappa shape index (κ2) is 6.48. The van der Waals surface area contributed by atoms with Crippen LogP contribution in [0, 0.1) is 5.82 Å². The highest BCUT2D eigenvalue weighted by atomic mass is 19.1. The third-order valence-corrected chi connectivity index (χ3v) is 4.33. The first-order chi connectivity index (χ1) is 12.1. The van der Waals surface area contributed by atoms with Crippen molar-refractivity contribution in [2.75, 3.05) is 0 Å². The minimum Gasteiger partial charge on any atom is -0.340 e. The Balaban J connectivity index is 2.02. The molecule has 0 aliphatic carbocycles. The summed E-state index contributed by atoms with van der Waals surface area (Å²) in [6, 6.07) is 4.92. The monoisotopic (exact) mass is 357 g/mol. The molecule has 1 unspecified atom stereocenters. The van der Waals surface area contributed by atoms with E-state index in [1.807, 2.05) is 20.8 Å². The van der Waals surface area contributed by atoms with Gasteiger partial charge in [0.05, 0.1) is 11.1 Å². The van der Waals surface area contributed by atoms with Gasteiger partial charge in [-0.1, -0.05) is 20.8 Å². The van der Waals surface area contributed by atoms with Crippen LogP contribution in [-0.2, 0) is 15.0 Å². The third-order valence-electron chi connectivity index (χ3n) is 4.33. The molecule has 1 saturated heterocycles. The second-order valence-corrected chi connectivity index (χ2v) is 7.44. The van der Waals surface area contributed by atoms with Crippen LogP contribution >= 0.6 is 0 Å². The fraction of sp³-hybridized carbons (Fsp3) is 0.368. The number of aromatic nitrogens is 1. The lowest BCUT2D eigenvalue weighted by Gasteiger charge is -2.23. The van der Waals surface area contributed by atoms with Gasteiger partial charge in [-0.05, 0) is 30.7 Å². The minimum absolute atomic E-state index is 0.162. The quantitative estimate of drug-likeness (QED) is 0.807. The van der Waals surface area contributed by atoms with Crippen molar-refractivity contribution in [3.63, 3.8) is 0 Å². The number of fused-ring (bicyclic) bond motifs is 1. The molecule has 1 aliphatic heterocycles. The Hall–Kier alpha value is -2.83. The highest BCUT2D eigenvalue weighted by Crippen LogP contribution is 2.27. The highest BCUT2D eigenvalue weighted by Gasteiger charge is 2.29. The van der Waals surface area contributed by atoms with E-state index in [1.165, 1.54) is 18.2 Å². The number of amides is 3. The van der Waals surface area contributed by atoms with Gasteiger partial charge in [0.2, 0.25) is 11.8 Å². The largest absolute Gasteiger partial charge is 0.340 e. The smallest absolute Gasteiger partial charge is 0.252 e. The van der Waals surface area contributed by atoms with E-state index in [4.69, 9.17) is 0 Å². The standard InChI is InChI=1S/C19H20FN3O3/c1-19(2,3)15-9-12(11-8-10(20)4-5-13(11)21-15)17(25)22-14-6-7-16(24)23-18(14)26/h4-5,8-9,14H,6-7H2,1-3H3,(H,22,25)(H,23,24,26). The molecular weight excluding hydrogens is 337 g/mol. The molecule has 3 rings (SSSR count). The zero-order valence-corrected chi connectivity index (χ0v) is 14.9. The third kappa shape index (κ3) is 3.56. The van der Waals surface area contributed by atoms with Gasteiger partial charge in [0, 0.05) is 22.9 Å². The number of hydrogen-bond donors (Lipinski definition) is 2. The van der Waals surface area contributed by atoms with Crippen molar-refractivity contribution < 1.29 is 18.8 Å². The molecule has 2 N–H and O–H groups in total. The molecule has 3 amide bonds. The first-order valence-corrected chi connectivity index (χ1v) is 8.40. The van der Waals surface area contributed by atoms with E-state index < -0.39 is 23.7 Å². The molecule has 0 bridgehead atoms. The summed E-state index contributed by atoms with van der Waals surface area (Å²) in [5, 5.41) is 5.22. The predicted molar refractivity (Wildman–Crippen MR) is 94.0 cm³/mol. The summed E-state index contributed by atoms with van der Waals surface area (Å²) in [5.74, 6) is -1.86. The van der Waals surface area contributed by atoms with Gasteiger partial charge >= 0.3 is 0 Å². The zero-order valence-electron chi connectivity index (χ0n) is 14.9. The van der Waals surface area contributed by atoms with Gasteiger partial charge in [-0.25, -0.2) is 4.39 Å². The molecule has 1 atom stereocenters. The van der Waals surface area contributed by atoms with Gasteiger partial charge in [-0.15, -0.1) is 0 Å². The maximum absolute atomic E-state index is 13.7. The number of nitrogens with zero attached hydrogens (tertiary/aromatic N) is 1. The zero-order chi connectivity index (χ0) is 19.1. The number of pyridine rings is 1. The molecule has 1 aromatic heterocycles. The van der Waals surface area contributed by atoms with Gasteiger partial charge in [-0.2, -0.15) is 0 Å². The molecule has 0 saturated carbocycles. The van der Waals surface area contributed by atoms with Gasteiger partial charge in [0.1, 0.15) is 11.9 Å². The molecule has 26 heavy (non-hydrogen) atoms. The van der Waals surface area contributed by atoms with Crippen LogP contribution in [0.15, 0.2) is 24.3 Å². The molecule has 2 heterocycles. The average Bonchev–Trinajstić information content (AvgIpc) is 2.55. The number of nitrogens with one attached hydrogen (secondary N) is 2. The van der Waals surface area contributed by atoms with Gasteiger partial charge in [0.15, 0.2) is 0 Å². The molecule has 6 nitrogen and oxygen atoms in total. The Morgan fingerprint density at radius 3 is 2.65 bits per heavy atom. The Labute approximate surface area is 150 Å². The SMILES string of the molecule is CC(C)(C)c1cc(C(=O)NC2CCC(=O)NC2=O)c2cc(F)ccc2n1. The maximum Gasteiger partial charge on any atom is 0.252 e. The molecule has 2 aromatic rings. The Morgan fingerprint density at radius 2 is 2.00 bits per heavy atom. The first-order valence-electron chi connectivity index (χ1n) is 8.40. The van der Waals surface area contributed by atoms with E-state index in [2.05, 4.69) is 15.6 Å². The summed E-state index contributed by atoms with van der Waals surface area (Å²) in [6.07, 6.45) is 0.398. The molecule has 136 valence electrons. The van der Waals surface area contributed by atoms with E-state index in [9.17, 15) is 18.8 Å². The summed E-state index contributed by atoms with van der Waals surface area (Å²) >= 11 is 0. The van der Waals surface area contributed by atoms with Crippen molar-refractivity contribution in [2.45, 2.75) is 45.1 Å². The van der Waals surface area contributed by atoms with E-state index >= 15 is 0 Å². The number of rotatable bonds is 2. The number of benzene rings is 1. The number of piperidine rings is 1. The Kier molecular flexibility index (Phi) is 4.48. The molecular formula is C19H20FN3O3. The van der Waals surface area contributed by atoms with Crippen molar-refractivity contribution in [1.82, 2.24) is 15.6 Å². The number of halogens is 1. The maximum atomic E-state index is 13.7. The number of imide groups is 1. The van der Waals surface area contributed by atoms with Crippen molar-refractivity contribution in [2.24, 2.45) is 0 Å². The fourth-order valence-corrected chi connectivity index (χ4v) is 2.84. The van der Waals surface area contributed by atoms with Crippen molar-refractivity contribution >= 4 is 28.6 Å². The second-order valence-electron chi connectivity index (χ2n) is 7.44. The highest BCUT2D eigenvalue weighted by molar-refractivity contribution is 6.09. The van der Waals surface area contributed by atoms with Crippen LogP contribution in [0.5, 0.6) is 0 Å². The molecule has 1 fully saturated rings. The lowest BCUT2D eigenvalue weighted by Crippen LogP contribution is -2.52. The average molecular weight is 357 g/mol.